The minimum absolute atomic E-state index is 0.168. The molecule has 0 saturated carbocycles. The van der Waals surface area contributed by atoms with Crippen LogP contribution in [0.5, 0.6) is 11.5 Å². The first-order valence-electron chi connectivity index (χ1n) is 10.4. The zero-order valence-electron chi connectivity index (χ0n) is 19.4. The molecule has 0 unspecified atom stereocenters. The first-order chi connectivity index (χ1) is 12.6. The lowest BCUT2D eigenvalue weighted by Crippen LogP contribution is -2.17. The summed E-state index contributed by atoms with van der Waals surface area (Å²) in [5.41, 5.74) is 5.73. The van der Waals surface area contributed by atoms with Crippen LogP contribution in [0.1, 0.15) is 103 Å². The molecule has 0 aliphatic heterocycles. The van der Waals surface area contributed by atoms with Crippen LogP contribution in [0, 0.1) is 0 Å². The molecule has 0 bridgehead atoms. The van der Waals surface area contributed by atoms with Gasteiger partial charge in [-0.15, -0.1) is 0 Å². The fourth-order valence-corrected chi connectivity index (χ4v) is 3.67. The number of hydrogen-bond acceptors (Lipinski definition) is 2. The van der Waals surface area contributed by atoms with Gasteiger partial charge in [0.05, 0.1) is 0 Å². The summed E-state index contributed by atoms with van der Waals surface area (Å²) in [5, 5.41) is 21.8. The molecule has 0 saturated heterocycles. The number of hydrogen-bond donors (Lipinski definition) is 2. The van der Waals surface area contributed by atoms with Crippen molar-refractivity contribution in [2.75, 3.05) is 0 Å². The second kappa shape index (κ2) is 7.46. The van der Waals surface area contributed by atoms with Crippen molar-refractivity contribution < 1.29 is 10.2 Å². The molecule has 2 aromatic carbocycles. The molecule has 2 nitrogen and oxygen atoms in total. The van der Waals surface area contributed by atoms with Crippen LogP contribution in [0.3, 0.4) is 0 Å². The average molecular weight is 383 g/mol. The predicted molar refractivity (Wildman–Crippen MR) is 121 cm³/mol. The van der Waals surface area contributed by atoms with E-state index in [4.69, 9.17) is 0 Å². The van der Waals surface area contributed by atoms with Crippen molar-refractivity contribution in [1.29, 1.82) is 0 Å². The highest BCUT2D eigenvalue weighted by Crippen LogP contribution is 2.44. The van der Waals surface area contributed by atoms with Gasteiger partial charge in [-0.05, 0) is 69.2 Å². The molecule has 2 heteroatoms. The molecule has 0 aliphatic rings. The van der Waals surface area contributed by atoms with Crippen LogP contribution >= 0.6 is 0 Å². The van der Waals surface area contributed by atoms with Crippen molar-refractivity contribution >= 4 is 0 Å². The lowest BCUT2D eigenvalue weighted by Gasteiger charge is -2.28. The van der Waals surface area contributed by atoms with Gasteiger partial charge in [-0.2, -0.15) is 0 Å². The second-order valence-corrected chi connectivity index (χ2v) is 10.7. The van der Waals surface area contributed by atoms with Gasteiger partial charge in [0.1, 0.15) is 11.5 Å². The molecule has 0 heterocycles. The molecule has 0 aromatic heterocycles. The van der Waals surface area contributed by atoms with Crippen LogP contribution in [0.4, 0.5) is 0 Å². The lowest BCUT2D eigenvalue weighted by molar-refractivity contribution is 0.423. The van der Waals surface area contributed by atoms with Gasteiger partial charge < -0.3 is 10.2 Å². The van der Waals surface area contributed by atoms with Crippen molar-refractivity contribution in [3.63, 3.8) is 0 Å². The Morgan fingerprint density at radius 2 is 0.893 bits per heavy atom. The van der Waals surface area contributed by atoms with Crippen LogP contribution in [0.2, 0.25) is 0 Å². The van der Waals surface area contributed by atoms with Gasteiger partial charge in [-0.1, -0.05) is 69.2 Å². The monoisotopic (exact) mass is 382 g/mol. The van der Waals surface area contributed by atoms with E-state index in [1.54, 1.807) is 0 Å². The molecular formula is C26H38O2. The van der Waals surface area contributed by atoms with Crippen molar-refractivity contribution in [3.8, 4) is 22.6 Å². The number of phenolic OH excluding ortho intramolecular Hbond substituents is 2. The summed E-state index contributed by atoms with van der Waals surface area (Å²) in [5.74, 6) is 1.28. The number of rotatable bonds is 3. The van der Waals surface area contributed by atoms with Gasteiger partial charge in [0.2, 0.25) is 0 Å². The third-order valence-corrected chi connectivity index (χ3v) is 5.47. The van der Waals surface area contributed by atoms with E-state index in [0.29, 0.717) is 11.5 Å². The Morgan fingerprint density at radius 3 is 1.18 bits per heavy atom. The van der Waals surface area contributed by atoms with Crippen molar-refractivity contribution in [3.05, 3.63) is 46.5 Å². The van der Waals surface area contributed by atoms with Crippen LogP contribution < -0.4 is 0 Å². The fraction of sp³-hybridized carbons (Fsp3) is 0.538. The molecule has 0 radical (unpaired) electrons. The van der Waals surface area contributed by atoms with E-state index >= 15 is 0 Å². The fourth-order valence-electron chi connectivity index (χ4n) is 3.67. The van der Waals surface area contributed by atoms with Gasteiger partial charge in [0.15, 0.2) is 0 Å². The van der Waals surface area contributed by atoms with E-state index in [9.17, 15) is 10.2 Å². The Bertz CT molecular complexity index is 795. The normalized spacial score (nSPS) is 12.9. The number of aromatic hydroxyl groups is 2. The standard InChI is InChI=1S/C26H38O2/c1-15(2)19-11-17(12-20(16(3)4)23(19)27)18-13-21(25(5,6)7)24(28)22(14-18)26(8,9)10/h11-16,27-28H,1-10H3. The highest BCUT2D eigenvalue weighted by atomic mass is 16.3. The van der Waals surface area contributed by atoms with Gasteiger partial charge >= 0.3 is 0 Å². The molecule has 0 atom stereocenters. The van der Waals surface area contributed by atoms with E-state index < -0.39 is 0 Å². The van der Waals surface area contributed by atoms with Crippen LogP contribution in [0.15, 0.2) is 24.3 Å². The summed E-state index contributed by atoms with van der Waals surface area (Å²) in [4.78, 5) is 0. The molecule has 0 amide bonds. The molecule has 2 aromatic rings. The number of phenols is 2. The molecule has 154 valence electrons. The predicted octanol–water partition coefficient (Wildman–Crippen LogP) is 7.61. The maximum atomic E-state index is 11.0. The average Bonchev–Trinajstić information content (AvgIpc) is 2.52. The first kappa shape index (κ1) is 22.3. The molecule has 0 aliphatic carbocycles. The Morgan fingerprint density at radius 1 is 0.571 bits per heavy atom. The van der Waals surface area contributed by atoms with Crippen LogP contribution in [0.25, 0.3) is 11.1 Å². The zero-order valence-corrected chi connectivity index (χ0v) is 19.4. The second-order valence-electron chi connectivity index (χ2n) is 10.7. The van der Waals surface area contributed by atoms with Crippen LogP contribution in [-0.2, 0) is 10.8 Å². The molecule has 0 fully saturated rings. The Kier molecular flexibility index (Phi) is 5.95. The van der Waals surface area contributed by atoms with E-state index in [1.165, 1.54) is 0 Å². The van der Waals surface area contributed by atoms with E-state index in [2.05, 4.69) is 93.5 Å². The maximum absolute atomic E-state index is 11.0. The zero-order chi connectivity index (χ0) is 21.6. The summed E-state index contributed by atoms with van der Waals surface area (Å²) in [6.45, 7) is 21.2. The van der Waals surface area contributed by atoms with Crippen LogP contribution in [-0.4, -0.2) is 10.2 Å². The number of benzene rings is 2. The van der Waals surface area contributed by atoms with Gasteiger partial charge in [-0.3, -0.25) is 0 Å². The summed E-state index contributed by atoms with van der Waals surface area (Å²) in [7, 11) is 0. The third-order valence-electron chi connectivity index (χ3n) is 5.47. The summed E-state index contributed by atoms with van der Waals surface area (Å²) in [6, 6.07) is 8.45. The highest BCUT2D eigenvalue weighted by molar-refractivity contribution is 5.72. The van der Waals surface area contributed by atoms with Crippen molar-refractivity contribution in [1.82, 2.24) is 0 Å². The summed E-state index contributed by atoms with van der Waals surface area (Å²) >= 11 is 0. The van der Waals surface area contributed by atoms with Gasteiger partial charge in [0.25, 0.3) is 0 Å². The van der Waals surface area contributed by atoms with E-state index in [-0.39, 0.29) is 22.7 Å². The molecule has 0 spiro atoms. The summed E-state index contributed by atoms with van der Waals surface area (Å²) in [6.07, 6.45) is 0. The SMILES string of the molecule is CC(C)c1cc(-c2cc(C(C)(C)C)c(O)c(C(C)(C)C)c2)cc(C(C)C)c1O. The van der Waals surface area contributed by atoms with E-state index in [0.717, 1.165) is 33.4 Å². The van der Waals surface area contributed by atoms with E-state index in [1.807, 2.05) is 0 Å². The van der Waals surface area contributed by atoms with Gasteiger partial charge in [0, 0.05) is 11.1 Å². The Balaban J connectivity index is 2.88. The lowest BCUT2D eigenvalue weighted by atomic mass is 9.77. The van der Waals surface area contributed by atoms with Gasteiger partial charge in [-0.25, -0.2) is 0 Å². The minimum atomic E-state index is -0.168. The third kappa shape index (κ3) is 4.37. The Labute approximate surface area is 171 Å². The molecule has 2 N–H and O–H groups in total. The molecule has 28 heavy (non-hydrogen) atoms. The van der Waals surface area contributed by atoms with Crippen molar-refractivity contribution in [2.24, 2.45) is 0 Å². The highest BCUT2D eigenvalue weighted by Gasteiger charge is 2.27. The minimum Gasteiger partial charge on any atom is -0.507 e. The maximum Gasteiger partial charge on any atom is 0.123 e. The molecular weight excluding hydrogens is 344 g/mol. The van der Waals surface area contributed by atoms with Crippen molar-refractivity contribution in [2.45, 2.75) is 91.9 Å². The summed E-state index contributed by atoms with van der Waals surface area (Å²) < 4.78 is 0. The topological polar surface area (TPSA) is 40.5 Å². The molecule has 2 rings (SSSR count). The Hall–Kier alpha value is -1.96. The smallest absolute Gasteiger partial charge is 0.123 e. The largest absolute Gasteiger partial charge is 0.507 e. The quantitative estimate of drug-likeness (QED) is 0.573. The first-order valence-corrected chi connectivity index (χ1v) is 10.4.